The van der Waals surface area contributed by atoms with E-state index in [1.54, 1.807) is 6.92 Å². The molecule has 5 nitrogen and oxygen atoms in total. The van der Waals surface area contributed by atoms with Gasteiger partial charge in [0.05, 0.1) is 11.3 Å². The van der Waals surface area contributed by atoms with Crippen LogP contribution in [0.5, 0.6) is 0 Å². The number of hydrogen-bond donors (Lipinski definition) is 2. The Morgan fingerprint density at radius 1 is 1.50 bits per heavy atom. The van der Waals surface area contributed by atoms with Gasteiger partial charge in [0.15, 0.2) is 11.6 Å². The predicted octanol–water partition coefficient (Wildman–Crippen LogP) is 2.75. The van der Waals surface area contributed by atoms with Crippen molar-refractivity contribution in [2.45, 2.75) is 47.1 Å². The van der Waals surface area contributed by atoms with Crippen LogP contribution in [0, 0.1) is 29.5 Å². The SMILES string of the molecule is Cc1nc(NC[C@H](C)NC(=O)CC(C)(C)C)c(F)cc1C#N. The summed E-state index contributed by atoms with van der Waals surface area (Å²) in [6.07, 6.45) is 0.430. The summed E-state index contributed by atoms with van der Waals surface area (Å²) in [5, 5.41) is 14.5. The van der Waals surface area contributed by atoms with E-state index in [1.165, 1.54) is 0 Å². The summed E-state index contributed by atoms with van der Waals surface area (Å²) >= 11 is 0. The summed E-state index contributed by atoms with van der Waals surface area (Å²) in [5.41, 5.74) is 0.611. The van der Waals surface area contributed by atoms with Crippen molar-refractivity contribution in [1.82, 2.24) is 10.3 Å². The summed E-state index contributed by atoms with van der Waals surface area (Å²) in [7, 11) is 0. The number of halogens is 1. The fourth-order valence-corrected chi connectivity index (χ4v) is 1.93. The van der Waals surface area contributed by atoms with Gasteiger partial charge in [-0.3, -0.25) is 4.79 Å². The molecule has 0 fully saturated rings. The van der Waals surface area contributed by atoms with Gasteiger partial charge in [0, 0.05) is 19.0 Å². The Kier molecular flexibility index (Phi) is 5.86. The molecule has 0 saturated heterocycles. The van der Waals surface area contributed by atoms with Crippen LogP contribution in [0.15, 0.2) is 6.07 Å². The number of aromatic nitrogens is 1. The van der Waals surface area contributed by atoms with Crippen molar-refractivity contribution in [3.63, 3.8) is 0 Å². The summed E-state index contributed by atoms with van der Waals surface area (Å²) in [5.74, 6) is -0.518. The second kappa shape index (κ2) is 7.21. The van der Waals surface area contributed by atoms with E-state index < -0.39 is 5.82 Å². The van der Waals surface area contributed by atoms with Crippen molar-refractivity contribution in [2.75, 3.05) is 11.9 Å². The van der Waals surface area contributed by atoms with Crippen LogP contribution < -0.4 is 10.6 Å². The van der Waals surface area contributed by atoms with Crippen LogP contribution in [-0.2, 0) is 4.79 Å². The molecule has 1 amide bonds. The molecule has 0 aromatic carbocycles. The topological polar surface area (TPSA) is 77.8 Å². The Morgan fingerprint density at radius 3 is 2.68 bits per heavy atom. The molecule has 1 rings (SSSR count). The van der Waals surface area contributed by atoms with Crippen molar-refractivity contribution in [3.8, 4) is 6.07 Å². The maximum absolute atomic E-state index is 13.8. The molecule has 0 radical (unpaired) electrons. The maximum Gasteiger partial charge on any atom is 0.220 e. The largest absolute Gasteiger partial charge is 0.366 e. The fourth-order valence-electron chi connectivity index (χ4n) is 1.93. The van der Waals surface area contributed by atoms with Gasteiger partial charge in [-0.15, -0.1) is 0 Å². The van der Waals surface area contributed by atoms with Gasteiger partial charge in [0.1, 0.15) is 6.07 Å². The molecule has 0 aliphatic carbocycles. The number of nitriles is 1. The zero-order valence-corrected chi connectivity index (χ0v) is 13.7. The van der Waals surface area contributed by atoms with Crippen LogP contribution in [0.25, 0.3) is 0 Å². The Bertz CT molecular complexity index is 587. The van der Waals surface area contributed by atoms with E-state index in [9.17, 15) is 9.18 Å². The van der Waals surface area contributed by atoms with E-state index in [0.29, 0.717) is 18.7 Å². The number of nitrogens with zero attached hydrogens (tertiary/aromatic N) is 2. The number of carbonyl (C=O) groups excluding carboxylic acids is 1. The van der Waals surface area contributed by atoms with E-state index in [-0.39, 0.29) is 28.7 Å². The minimum atomic E-state index is -0.574. The van der Waals surface area contributed by atoms with Gasteiger partial charge in [-0.25, -0.2) is 9.37 Å². The molecule has 1 aromatic rings. The van der Waals surface area contributed by atoms with Crippen molar-refractivity contribution in [1.29, 1.82) is 5.26 Å². The third kappa shape index (κ3) is 5.68. The fraction of sp³-hybridized carbons (Fsp3) is 0.562. The molecule has 2 N–H and O–H groups in total. The van der Waals surface area contributed by atoms with Crippen molar-refractivity contribution >= 4 is 11.7 Å². The lowest BCUT2D eigenvalue weighted by Gasteiger charge is -2.20. The molecule has 0 spiro atoms. The van der Waals surface area contributed by atoms with Crippen molar-refractivity contribution in [2.24, 2.45) is 5.41 Å². The number of carbonyl (C=O) groups is 1. The van der Waals surface area contributed by atoms with Crippen LogP contribution in [-0.4, -0.2) is 23.5 Å². The third-order valence-electron chi connectivity index (χ3n) is 2.96. The number of pyridine rings is 1. The molecule has 120 valence electrons. The van der Waals surface area contributed by atoms with Crippen LogP contribution >= 0.6 is 0 Å². The van der Waals surface area contributed by atoms with E-state index in [1.807, 2.05) is 33.8 Å². The minimum absolute atomic E-state index is 0.0359. The number of rotatable bonds is 5. The lowest BCUT2D eigenvalue weighted by Crippen LogP contribution is -2.39. The molecule has 22 heavy (non-hydrogen) atoms. The highest BCUT2D eigenvalue weighted by molar-refractivity contribution is 5.76. The van der Waals surface area contributed by atoms with Gasteiger partial charge in [0.2, 0.25) is 5.91 Å². The average molecular weight is 306 g/mol. The second-order valence-electron chi connectivity index (χ2n) is 6.65. The van der Waals surface area contributed by atoms with E-state index in [2.05, 4.69) is 15.6 Å². The molecule has 1 atom stereocenters. The number of nitrogens with one attached hydrogen (secondary N) is 2. The summed E-state index contributed by atoms with van der Waals surface area (Å²) in [6.45, 7) is 9.82. The van der Waals surface area contributed by atoms with E-state index in [4.69, 9.17) is 5.26 Å². The molecular weight excluding hydrogens is 283 g/mol. The Labute approximate surface area is 130 Å². The first-order chi connectivity index (χ1) is 10.1. The minimum Gasteiger partial charge on any atom is -0.366 e. The molecule has 1 heterocycles. The quantitative estimate of drug-likeness (QED) is 0.877. The van der Waals surface area contributed by atoms with E-state index in [0.717, 1.165) is 6.07 Å². The predicted molar refractivity (Wildman–Crippen MR) is 83.8 cm³/mol. The van der Waals surface area contributed by atoms with Crippen LogP contribution in [0.4, 0.5) is 10.2 Å². The number of anilines is 1. The van der Waals surface area contributed by atoms with Crippen LogP contribution in [0.1, 0.15) is 45.4 Å². The van der Waals surface area contributed by atoms with Gasteiger partial charge in [-0.2, -0.15) is 5.26 Å². The molecule has 0 unspecified atom stereocenters. The van der Waals surface area contributed by atoms with Gasteiger partial charge >= 0.3 is 0 Å². The van der Waals surface area contributed by atoms with Gasteiger partial charge in [0.25, 0.3) is 0 Å². The monoisotopic (exact) mass is 306 g/mol. The van der Waals surface area contributed by atoms with Gasteiger partial charge in [-0.05, 0) is 25.3 Å². The van der Waals surface area contributed by atoms with Crippen molar-refractivity contribution in [3.05, 3.63) is 23.1 Å². The number of hydrogen-bond acceptors (Lipinski definition) is 4. The molecule has 0 aliphatic heterocycles. The Balaban J connectivity index is 2.58. The lowest BCUT2D eigenvalue weighted by molar-refractivity contribution is -0.123. The average Bonchev–Trinajstić information content (AvgIpc) is 2.36. The first-order valence-corrected chi connectivity index (χ1v) is 7.23. The third-order valence-corrected chi connectivity index (χ3v) is 2.96. The smallest absolute Gasteiger partial charge is 0.220 e. The first kappa shape index (κ1) is 17.9. The standard InChI is InChI=1S/C16H23FN4O/c1-10(20-14(22)7-16(3,4)5)9-19-15-13(17)6-12(8-18)11(2)21-15/h6,10H,7,9H2,1-5H3,(H,19,21)(H,20,22)/t10-/m0/s1. The normalized spacial score (nSPS) is 12.4. The van der Waals surface area contributed by atoms with Crippen LogP contribution in [0.3, 0.4) is 0 Å². The summed E-state index contributed by atoms with van der Waals surface area (Å²) in [4.78, 5) is 15.9. The maximum atomic E-state index is 13.8. The highest BCUT2D eigenvalue weighted by Crippen LogP contribution is 2.18. The number of amides is 1. The second-order valence-corrected chi connectivity index (χ2v) is 6.65. The molecule has 0 saturated carbocycles. The first-order valence-electron chi connectivity index (χ1n) is 7.23. The molecular formula is C16H23FN4O. The number of aryl methyl sites for hydroxylation is 1. The lowest BCUT2D eigenvalue weighted by atomic mass is 9.92. The van der Waals surface area contributed by atoms with E-state index >= 15 is 0 Å². The Hall–Kier alpha value is -2.16. The van der Waals surface area contributed by atoms with Gasteiger partial charge in [-0.1, -0.05) is 20.8 Å². The Morgan fingerprint density at radius 2 is 2.14 bits per heavy atom. The summed E-state index contributed by atoms with van der Waals surface area (Å²) in [6, 6.07) is 2.89. The summed E-state index contributed by atoms with van der Waals surface area (Å²) < 4.78 is 13.8. The zero-order valence-electron chi connectivity index (χ0n) is 13.7. The molecule has 0 bridgehead atoms. The highest BCUT2D eigenvalue weighted by atomic mass is 19.1. The zero-order chi connectivity index (χ0) is 16.9. The molecule has 0 aliphatic rings. The molecule has 1 aromatic heterocycles. The highest BCUT2D eigenvalue weighted by Gasteiger charge is 2.17. The molecule has 6 heteroatoms. The van der Waals surface area contributed by atoms with Gasteiger partial charge < -0.3 is 10.6 Å². The van der Waals surface area contributed by atoms with Crippen molar-refractivity contribution < 1.29 is 9.18 Å². The van der Waals surface area contributed by atoms with Crippen LogP contribution in [0.2, 0.25) is 0 Å².